The number of alkyl halides is 1. The number of rotatable bonds is 28. The molecule has 230 valence electrons. The van der Waals surface area contributed by atoms with Crippen molar-refractivity contribution in [1.82, 2.24) is 0 Å². The van der Waals surface area contributed by atoms with Gasteiger partial charge in [0.2, 0.25) is 0 Å². The Morgan fingerprint density at radius 2 is 0.816 bits per heavy atom. The lowest BCUT2D eigenvalue weighted by molar-refractivity contribution is -0.0561. The van der Waals surface area contributed by atoms with E-state index in [9.17, 15) is 0 Å². The molecule has 0 aliphatic carbocycles. The van der Waals surface area contributed by atoms with Crippen LogP contribution in [0.2, 0.25) is 0 Å². The molecule has 7 atom stereocenters. The molecule has 0 aliphatic rings. The molecule has 0 saturated carbocycles. The standard InChI is InChI=1S/C35H71ClO2/c1-9-10-11-12-13-14-20-37-28-38-21-16-18-30(3)23-32(5)25-34(7)27-35(8)26-33(6)24-31(4)22-29(2)17-15-19-36/h29-35H,9-28H2,1-8H3. The van der Waals surface area contributed by atoms with Crippen LogP contribution < -0.4 is 0 Å². The third-order valence-electron chi connectivity index (χ3n) is 8.45. The Kier molecular flexibility index (Phi) is 26.3. The highest BCUT2D eigenvalue weighted by molar-refractivity contribution is 6.17. The molecule has 38 heavy (non-hydrogen) atoms. The average Bonchev–Trinajstić information content (AvgIpc) is 2.82. The highest BCUT2D eigenvalue weighted by atomic mass is 35.5. The van der Waals surface area contributed by atoms with E-state index in [0.29, 0.717) is 6.79 Å². The minimum absolute atomic E-state index is 0.473. The van der Waals surface area contributed by atoms with Crippen molar-refractivity contribution in [2.24, 2.45) is 41.4 Å². The van der Waals surface area contributed by atoms with Gasteiger partial charge in [-0.05, 0) is 112 Å². The Labute approximate surface area is 246 Å². The largest absolute Gasteiger partial charge is 0.355 e. The van der Waals surface area contributed by atoms with E-state index in [2.05, 4.69) is 55.4 Å². The third-order valence-corrected chi connectivity index (χ3v) is 8.72. The fourth-order valence-corrected chi connectivity index (χ4v) is 7.11. The van der Waals surface area contributed by atoms with E-state index >= 15 is 0 Å². The summed E-state index contributed by atoms with van der Waals surface area (Å²) in [6.45, 7) is 21.7. The van der Waals surface area contributed by atoms with Crippen LogP contribution in [0.25, 0.3) is 0 Å². The van der Waals surface area contributed by atoms with Crippen molar-refractivity contribution >= 4 is 11.6 Å². The molecule has 0 spiro atoms. The third kappa shape index (κ3) is 25.2. The van der Waals surface area contributed by atoms with Gasteiger partial charge in [0.25, 0.3) is 0 Å². The van der Waals surface area contributed by atoms with Gasteiger partial charge in [0.05, 0.1) is 0 Å². The van der Waals surface area contributed by atoms with Crippen molar-refractivity contribution in [3.8, 4) is 0 Å². The molecule has 3 heteroatoms. The monoisotopic (exact) mass is 559 g/mol. The van der Waals surface area contributed by atoms with E-state index in [1.165, 1.54) is 96.3 Å². The molecule has 0 aromatic carbocycles. The molecule has 2 nitrogen and oxygen atoms in total. The number of unbranched alkanes of at least 4 members (excludes halogenated alkanes) is 5. The molecule has 0 heterocycles. The second-order valence-corrected chi connectivity index (χ2v) is 14.2. The molecule has 0 bridgehead atoms. The first kappa shape index (κ1) is 38.2. The predicted octanol–water partition coefficient (Wildman–Crippen LogP) is 11.9. The molecule has 0 radical (unpaired) electrons. The summed E-state index contributed by atoms with van der Waals surface area (Å²) in [7, 11) is 0. The zero-order valence-corrected chi connectivity index (χ0v) is 28.1. The molecule has 0 N–H and O–H groups in total. The van der Waals surface area contributed by atoms with E-state index in [4.69, 9.17) is 21.1 Å². The molecule has 0 fully saturated rings. The zero-order chi connectivity index (χ0) is 28.6. The number of ether oxygens (including phenoxy) is 2. The van der Waals surface area contributed by atoms with Crippen LogP contribution in [0.3, 0.4) is 0 Å². The Morgan fingerprint density at radius 3 is 1.26 bits per heavy atom. The van der Waals surface area contributed by atoms with Gasteiger partial charge >= 0.3 is 0 Å². The van der Waals surface area contributed by atoms with Crippen molar-refractivity contribution in [1.29, 1.82) is 0 Å². The molecular formula is C35H71ClO2. The lowest BCUT2D eigenvalue weighted by Gasteiger charge is -2.26. The summed E-state index contributed by atoms with van der Waals surface area (Å²) < 4.78 is 11.3. The zero-order valence-electron chi connectivity index (χ0n) is 27.4. The second kappa shape index (κ2) is 26.1. The fraction of sp³-hybridized carbons (Fsp3) is 1.00. The molecule has 0 aromatic heterocycles. The van der Waals surface area contributed by atoms with Crippen LogP contribution in [0.15, 0.2) is 0 Å². The lowest BCUT2D eigenvalue weighted by atomic mass is 9.80. The summed E-state index contributed by atoms with van der Waals surface area (Å²) in [5, 5.41) is 0. The van der Waals surface area contributed by atoms with E-state index in [0.717, 1.165) is 66.9 Å². The van der Waals surface area contributed by atoms with Gasteiger partial charge in [-0.15, -0.1) is 11.6 Å². The maximum atomic E-state index is 5.87. The Morgan fingerprint density at radius 1 is 0.447 bits per heavy atom. The topological polar surface area (TPSA) is 18.5 Å². The molecule has 0 aliphatic heterocycles. The highest BCUT2D eigenvalue weighted by Crippen LogP contribution is 2.30. The number of halogens is 1. The summed E-state index contributed by atoms with van der Waals surface area (Å²) in [5.74, 6) is 6.59. The minimum atomic E-state index is 0.473. The van der Waals surface area contributed by atoms with Crippen molar-refractivity contribution < 1.29 is 9.47 Å². The molecule has 0 saturated heterocycles. The van der Waals surface area contributed by atoms with Gasteiger partial charge in [-0.2, -0.15) is 0 Å². The predicted molar refractivity (Wildman–Crippen MR) is 171 cm³/mol. The quantitative estimate of drug-likeness (QED) is 0.0539. The normalized spacial score (nSPS) is 17.6. The van der Waals surface area contributed by atoms with Gasteiger partial charge in [0.15, 0.2) is 0 Å². The molecule has 0 rings (SSSR count). The maximum absolute atomic E-state index is 5.87. The second-order valence-electron chi connectivity index (χ2n) is 13.8. The van der Waals surface area contributed by atoms with E-state index in [-0.39, 0.29) is 0 Å². The minimum Gasteiger partial charge on any atom is -0.355 e. The SMILES string of the molecule is CCCCCCCCOCOCCCC(C)CC(C)CC(C)CC(C)CC(C)CC(C)CC(C)CCCCl. The molecular weight excluding hydrogens is 488 g/mol. The van der Waals surface area contributed by atoms with Gasteiger partial charge in [-0.25, -0.2) is 0 Å². The van der Waals surface area contributed by atoms with Crippen LogP contribution in [0.4, 0.5) is 0 Å². The Balaban J connectivity index is 3.83. The fourth-order valence-electron chi connectivity index (χ4n) is 6.96. The van der Waals surface area contributed by atoms with Gasteiger partial charge in [0, 0.05) is 19.1 Å². The molecule has 0 amide bonds. The first-order chi connectivity index (χ1) is 18.2. The summed E-state index contributed by atoms with van der Waals surface area (Å²) >= 11 is 5.87. The number of hydrogen-bond acceptors (Lipinski definition) is 2. The van der Waals surface area contributed by atoms with Gasteiger partial charge in [-0.3, -0.25) is 0 Å². The van der Waals surface area contributed by atoms with Crippen LogP contribution in [-0.4, -0.2) is 25.9 Å². The Hall–Kier alpha value is 0.210. The average molecular weight is 559 g/mol. The first-order valence-corrected chi connectivity index (χ1v) is 17.4. The van der Waals surface area contributed by atoms with Crippen LogP contribution in [0, 0.1) is 41.4 Å². The van der Waals surface area contributed by atoms with Gasteiger partial charge < -0.3 is 9.47 Å². The first-order valence-electron chi connectivity index (χ1n) is 16.9. The van der Waals surface area contributed by atoms with Gasteiger partial charge in [-0.1, -0.05) is 87.5 Å². The summed E-state index contributed by atoms with van der Waals surface area (Å²) in [6.07, 6.45) is 21.0. The smallest absolute Gasteiger partial charge is 0.146 e. The number of hydrogen-bond donors (Lipinski definition) is 0. The van der Waals surface area contributed by atoms with E-state index in [1.54, 1.807) is 0 Å². The summed E-state index contributed by atoms with van der Waals surface area (Å²) in [6, 6.07) is 0. The van der Waals surface area contributed by atoms with E-state index < -0.39 is 0 Å². The summed E-state index contributed by atoms with van der Waals surface area (Å²) in [4.78, 5) is 0. The van der Waals surface area contributed by atoms with Crippen molar-refractivity contribution in [2.75, 3.05) is 25.9 Å². The molecule has 7 unspecified atom stereocenters. The lowest BCUT2D eigenvalue weighted by Crippen LogP contribution is -2.14. The molecule has 0 aromatic rings. The van der Waals surface area contributed by atoms with Gasteiger partial charge in [0.1, 0.15) is 6.79 Å². The van der Waals surface area contributed by atoms with Crippen LogP contribution in [0.1, 0.15) is 158 Å². The van der Waals surface area contributed by atoms with Crippen LogP contribution in [-0.2, 0) is 9.47 Å². The maximum Gasteiger partial charge on any atom is 0.146 e. The summed E-state index contributed by atoms with van der Waals surface area (Å²) in [5.41, 5.74) is 0. The Bertz CT molecular complexity index is 485. The van der Waals surface area contributed by atoms with Crippen molar-refractivity contribution in [3.63, 3.8) is 0 Å². The van der Waals surface area contributed by atoms with Crippen LogP contribution >= 0.6 is 11.6 Å². The van der Waals surface area contributed by atoms with E-state index in [1.807, 2.05) is 0 Å². The highest BCUT2D eigenvalue weighted by Gasteiger charge is 2.18. The van der Waals surface area contributed by atoms with Crippen molar-refractivity contribution in [2.45, 2.75) is 158 Å². The van der Waals surface area contributed by atoms with Crippen LogP contribution in [0.5, 0.6) is 0 Å². The van der Waals surface area contributed by atoms with Crippen molar-refractivity contribution in [3.05, 3.63) is 0 Å².